The van der Waals surface area contributed by atoms with Crippen molar-refractivity contribution in [3.8, 4) is 0 Å². The van der Waals surface area contributed by atoms with E-state index < -0.39 is 0 Å². The Labute approximate surface area is 101 Å². The highest BCUT2D eigenvalue weighted by atomic mass is 16.5. The molecular weight excluding hydrogens is 214 g/mol. The van der Waals surface area contributed by atoms with E-state index in [1.807, 2.05) is 37.3 Å². The van der Waals surface area contributed by atoms with Crippen LogP contribution in [0.4, 0.5) is 0 Å². The topological polar surface area (TPSA) is 38.3 Å². The Morgan fingerprint density at radius 2 is 2.12 bits per heavy atom. The number of carbonyl (C=O) groups excluding carboxylic acids is 1. The number of hydrogen-bond donors (Lipinski definition) is 1. The number of esters is 1. The van der Waals surface area contributed by atoms with Crippen molar-refractivity contribution in [2.24, 2.45) is 0 Å². The van der Waals surface area contributed by atoms with Crippen molar-refractivity contribution in [3.05, 3.63) is 41.5 Å². The number of nitrogens with one attached hydrogen (secondary N) is 1. The summed E-state index contributed by atoms with van der Waals surface area (Å²) >= 11 is 0. The van der Waals surface area contributed by atoms with Crippen molar-refractivity contribution in [1.82, 2.24) is 5.32 Å². The van der Waals surface area contributed by atoms with E-state index in [1.54, 1.807) is 0 Å². The predicted molar refractivity (Wildman–Crippen MR) is 67.5 cm³/mol. The highest BCUT2D eigenvalue weighted by Crippen LogP contribution is 2.23. The lowest BCUT2D eigenvalue weighted by Crippen LogP contribution is -2.27. The average molecular weight is 231 g/mol. The maximum absolute atomic E-state index is 11.9. The van der Waals surface area contributed by atoms with Crippen molar-refractivity contribution < 1.29 is 9.53 Å². The SMILES string of the molecule is CCOC(=O)C1=C(c2ccccc2)CNCC1. The van der Waals surface area contributed by atoms with Crippen LogP contribution in [0.1, 0.15) is 18.9 Å². The van der Waals surface area contributed by atoms with Crippen LogP contribution < -0.4 is 5.32 Å². The lowest BCUT2D eigenvalue weighted by Gasteiger charge is -2.20. The largest absolute Gasteiger partial charge is 0.463 e. The van der Waals surface area contributed by atoms with Gasteiger partial charge in [0.2, 0.25) is 0 Å². The highest BCUT2D eigenvalue weighted by Gasteiger charge is 2.20. The molecule has 90 valence electrons. The van der Waals surface area contributed by atoms with Gasteiger partial charge >= 0.3 is 5.97 Å². The first-order valence-corrected chi connectivity index (χ1v) is 5.98. The first-order chi connectivity index (χ1) is 8.33. The van der Waals surface area contributed by atoms with Gasteiger partial charge in [0, 0.05) is 12.1 Å². The molecule has 1 aliphatic heterocycles. The third-order valence-electron chi connectivity index (χ3n) is 2.86. The molecule has 1 N–H and O–H groups in total. The van der Waals surface area contributed by atoms with Crippen LogP contribution in [0.15, 0.2) is 35.9 Å². The molecule has 17 heavy (non-hydrogen) atoms. The van der Waals surface area contributed by atoms with Crippen molar-refractivity contribution >= 4 is 11.5 Å². The third kappa shape index (κ3) is 2.74. The van der Waals surface area contributed by atoms with Crippen molar-refractivity contribution in [1.29, 1.82) is 0 Å². The number of carbonyl (C=O) groups is 1. The average Bonchev–Trinajstić information content (AvgIpc) is 2.40. The zero-order valence-corrected chi connectivity index (χ0v) is 10.0. The van der Waals surface area contributed by atoms with Crippen LogP contribution in [0, 0.1) is 0 Å². The van der Waals surface area contributed by atoms with E-state index in [2.05, 4.69) is 5.32 Å². The fourth-order valence-electron chi connectivity index (χ4n) is 2.04. The monoisotopic (exact) mass is 231 g/mol. The summed E-state index contributed by atoms with van der Waals surface area (Å²) in [5.74, 6) is -0.173. The molecule has 0 saturated heterocycles. The van der Waals surface area contributed by atoms with E-state index >= 15 is 0 Å². The van der Waals surface area contributed by atoms with Crippen molar-refractivity contribution in [2.75, 3.05) is 19.7 Å². The molecule has 1 aromatic rings. The standard InChI is InChI=1S/C14H17NO2/c1-2-17-14(16)12-8-9-15-10-13(12)11-6-4-3-5-7-11/h3-7,15H,2,8-10H2,1H3. The van der Waals surface area contributed by atoms with Crippen LogP contribution in [0.3, 0.4) is 0 Å². The second-order valence-electron chi connectivity index (χ2n) is 3.97. The van der Waals surface area contributed by atoms with Gasteiger partial charge < -0.3 is 10.1 Å². The van der Waals surface area contributed by atoms with Gasteiger partial charge in [0.05, 0.1) is 6.61 Å². The van der Waals surface area contributed by atoms with Crippen molar-refractivity contribution in [2.45, 2.75) is 13.3 Å². The van der Waals surface area contributed by atoms with Gasteiger partial charge in [-0.3, -0.25) is 0 Å². The predicted octanol–water partition coefficient (Wildman–Crippen LogP) is 2.00. The molecule has 0 aromatic heterocycles. The maximum atomic E-state index is 11.9. The fraction of sp³-hybridized carbons (Fsp3) is 0.357. The Morgan fingerprint density at radius 1 is 1.35 bits per heavy atom. The maximum Gasteiger partial charge on any atom is 0.334 e. The van der Waals surface area contributed by atoms with Crippen LogP contribution in [-0.2, 0) is 9.53 Å². The van der Waals surface area contributed by atoms with Crippen LogP contribution in [0.2, 0.25) is 0 Å². The molecule has 2 rings (SSSR count). The normalized spacial score (nSPS) is 15.8. The van der Waals surface area contributed by atoms with Gasteiger partial charge in [-0.1, -0.05) is 30.3 Å². The lowest BCUT2D eigenvalue weighted by atomic mass is 9.95. The molecule has 0 bridgehead atoms. The second kappa shape index (κ2) is 5.64. The molecule has 0 atom stereocenters. The van der Waals surface area contributed by atoms with E-state index in [1.165, 1.54) is 0 Å². The Kier molecular flexibility index (Phi) is 3.94. The Morgan fingerprint density at radius 3 is 2.82 bits per heavy atom. The van der Waals surface area contributed by atoms with Gasteiger partial charge in [-0.2, -0.15) is 0 Å². The number of rotatable bonds is 3. The van der Waals surface area contributed by atoms with E-state index in [9.17, 15) is 4.79 Å². The van der Waals surface area contributed by atoms with Crippen LogP contribution in [0.25, 0.3) is 5.57 Å². The van der Waals surface area contributed by atoms with E-state index in [0.29, 0.717) is 6.61 Å². The van der Waals surface area contributed by atoms with Gasteiger partial charge in [-0.25, -0.2) is 4.79 Å². The number of ether oxygens (including phenoxy) is 1. The summed E-state index contributed by atoms with van der Waals surface area (Å²) in [6, 6.07) is 10.0. The Hall–Kier alpha value is -1.61. The molecule has 0 saturated carbocycles. The summed E-state index contributed by atoms with van der Waals surface area (Å²) in [5.41, 5.74) is 2.98. The molecule has 1 aromatic carbocycles. The zero-order valence-electron chi connectivity index (χ0n) is 10.0. The summed E-state index contributed by atoms with van der Waals surface area (Å²) in [5, 5.41) is 3.29. The van der Waals surface area contributed by atoms with Crippen LogP contribution in [-0.4, -0.2) is 25.7 Å². The Balaban J connectivity index is 2.35. The van der Waals surface area contributed by atoms with Gasteiger partial charge in [0.15, 0.2) is 0 Å². The molecule has 0 radical (unpaired) electrons. The molecule has 1 aliphatic rings. The first kappa shape index (κ1) is 11.9. The first-order valence-electron chi connectivity index (χ1n) is 5.98. The van der Waals surface area contributed by atoms with Gasteiger partial charge in [-0.15, -0.1) is 0 Å². The smallest absolute Gasteiger partial charge is 0.334 e. The molecule has 0 unspecified atom stereocenters. The summed E-state index contributed by atoms with van der Waals surface area (Å²) in [6.45, 7) is 3.84. The summed E-state index contributed by atoms with van der Waals surface area (Å²) in [6.07, 6.45) is 0.739. The summed E-state index contributed by atoms with van der Waals surface area (Å²) < 4.78 is 5.11. The van der Waals surface area contributed by atoms with E-state index in [0.717, 1.165) is 36.2 Å². The molecule has 3 nitrogen and oxygen atoms in total. The second-order valence-corrected chi connectivity index (χ2v) is 3.97. The van der Waals surface area contributed by atoms with Crippen LogP contribution in [0.5, 0.6) is 0 Å². The minimum absolute atomic E-state index is 0.173. The van der Waals surface area contributed by atoms with Gasteiger partial charge in [-0.05, 0) is 31.0 Å². The van der Waals surface area contributed by atoms with Crippen molar-refractivity contribution in [3.63, 3.8) is 0 Å². The molecule has 0 aliphatic carbocycles. The van der Waals surface area contributed by atoms with E-state index in [4.69, 9.17) is 4.74 Å². The van der Waals surface area contributed by atoms with E-state index in [-0.39, 0.29) is 5.97 Å². The minimum atomic E-state index is -0.173. The summed E-state index contributed by atoms with van der Waals surface area (Å²) in [7, 11) is 0. The highest BCUT2D eigenvalue weighted by molar-refractivity contribution is 5.98. The fourth-order valence-corrected chi connectivity index (χ4v) is 2.04. The summed E-state index contributed by atoms with van der Waals surface area (Å²) in [4.78, 5) is 11.9. The lowest BCUT2D eigenvalue weighted by molar-refractivity contribution is -0.138. The molecular formula is C14H17NO2. The quantitative estimate of drug-likeness (QED) is 0.809. The molecule has 1 heterocycles. The van der Waals surface area contributed by atoms with Crippen LogP contribution >= 0.6 is 0 Å². The minimum Gasteiger partial charge on any atom is -0.463 e. The number of hydrogen-bond acceptors (Lipinski definition) is 3. The molecule has 3 heteroatoms. The number of benzene rings is 1. The third-order valence-corrected chi connectivity index (χ3v) is 2.86. The molecule has 0 fully saturated rings. The Bertz CT molecular complexity index is 423. The molecule has 0 amide bonds. The zero-order chi connectivity index (χ0) is 12.1. The molecule has 0 spiro atoms. The van der Waals surface area contributed by atoms with Gasteiger partial charge in [0.1, 0.15) is 0 Å². The van der Waals surface area contributed by atoms with Gasteiger partial charge in [0.25, 0.3) is 0 Å².